The predicted molar refractivity (Wildman–Crippen MR) is 59.4 cm³/mol. The summed E-state index contributed by atoms with van der Waals surface area (Å²) in [6.07, 6.45) is 6.76. The Kier molecular flexibility index (Phi) is 2.57. The second-order valence-electron chi connectivity index (χ2n) is 3.74. The number of hydrogen-bond acceptors (Lipinski definition) is 2. The van der Waals surface area contributed by atoms with Crippen molar-refractivity contribution in [3.63, 3.8) is 0 Å². The molecule has 1 saturated heterocycles. The fraction of sp³-hybridized carbons (Fsp3) is 0.364. The minimum absolute atomic E-state index is 0. The van der Waals surface area contributed by atoms with E-state index < -0.39 is 0 Å². The Morgan fingerprint density at radius 1 is 1.29 bits per heavy atom. The normalized spacial score (nSPS) is 28.4. The van der Waals surface area contributed by atoms with E-state index in [2.05, 4.69) is 28.5 Å². The quantitative estimate of drug-likeness (QED) is 0.764. The van der Waals surface area contributed by atoms with Crippen molar-refractivity contribution < 1.29 is 0 Å². The second-order valence-corrected chi connectivity index (χ2v) is 3.74. The summed E-state index contributed by atoms with van der Waals surface area (Å²) in [4.78, 5) is 4.37. The van der Waals surface area contributed by atoms with Gasteiger partial charge in [0.1, 0.15) is 0 Å². The molecule has 0 radical (unpaired) electrons. The average Bonchev–Trinajstić information content (AvgIpc) is 2.80. The van der Waals surface area contributed by atoms with Crippen LogP contribution in [0.2, 0.25) is 0 Å². The van der Waals surface area contributed by atoms with E-state index in [4.69, 9.17) is 0 Å². The van der Waals surface area contributed by atoms with Crippen LogP contribution in [-0.2, 0) is 0 Å². The molecule has 0 spiro atoms. The topological polar surface area (TPSA) is 24.9 Å². The standard InChI is InChI=1S/C11H12N2.ClH/c1-2-6-12-10(3-1)9-7-8-4-5-11(9)13-8;/h1-3,6-8,11,13H,4-5H2;1H. The highest BCUT2D eigenvalue weighted by molar-refractivity contribution is 5.85. The highest BCUT2D eigenvalue weighted by Crippen LogP contribution is 2.32. The van der Waals surface area contributed by atoms with E-state index in [-0.39, 0.29) is 12.4 Å². The zero-order valence-corrected chi connectivity index (χ0v) is 8.63. The average molecular weight is 209 g/mol. The van der Waals surface area contributed by atoms with Crippen molar-refractivity contribution in [2.24, 2.45) is 0 Å². The van der Waals surface area contributed by atoms with Gasteiger partial charge in [-0.3, -0.25) is 4.98 Å². The highest BCUT2D eigenvalue weighted by Gasteiger charge is 2.32. The Bertz CT molecular complexity index is 348. The molecule has 1 aromatic rings. The van der Waals surface area contributed by atoms with E-state index in [0.29, 0.717) is 12.1 Å². The number of fused-ring (bicyclic) bond motifs is 2. The number of aromatic nitrogens is 1. The molecule has 0 saturated carbocycles. The van der Waals surface area contributed by atoms with Crippen molar-refractivity contribution in [3.8, 4) is 0 Å². The zero-order valence-electron chi connectivity index (χ0n) is 7.81. The van der Waals surface area contributed by atoms with Gasteiger partial charge in [0, 0.05) is 18.3 Å². The molecule has 2 aliphatic heterocycles. The van der Waals surface area contributed by atoms with Gasteiger partial charge in [0.25, 0.3) is 0 Å². The third-order valence-electron chi connectivity index (χ3n) is 2.90. The summed E-state index contributed by atoms with van der Waals surface area (Å²) in [5.74, 6) is 0. The van der Waals surface area contributed by atoms with Crippen molar-refractivity contribution in [2.75, 3.05) is 0 Å². The third kappa shape index (κ3) is 1.45. The Hall–Kier alpha value is -0.860. The molecule has 2 atom stereocenters. The van der Waals surface area contributed by atoms with Gasteiger partial charge >= 0.3 is 0 Å². The number of nitrogens with one attached hydrogen (secondary N) is 1. The van der Waals surface area contributed by atoms with Crippen LogP contribution in [0, 0.1) is 0 Å². The lowest BCUT2D eigenvalue weighted by Crippen LogP contribution is -2.21. The molecule has 2 unspecified atom stereocenters. The molecule has 74 valence electrons. The number of pyridine rings is 1. The summed E-state index contributed by atoms with van der Waals surface area (Å²) in [6.45, 7) is 0. The molecule has 1 N–H and O–H groups in total. The fourth-order valence-electron chi connectivity index (χ4n) is 2.28. The molecular weight excluding hydrogens is 196 g/mol. The summed E-state index contributed by atoms with van der Waals surface area (Å²) in [6, 6.07) is 7.29. The lowest BCUT2D eigenvalue weighted by atomic mass is 9.97. The predicted octanol–water partition coefficient (Wildman–Crippen LogP) is 2.02. The first kappa shape index (κ1) is 9.69. The van der Waals surface area contributed by atoms with Crippen molar-refractivity contribution in [1.82, 2.24) is 10.3 Å². The van der Waals surface area contributed by atoms with Crippen LogP contribution < -0.4 is 5.32 Å². The summed E-state index contributed by atoms with van der Waals surface area (Å²) in [5, 5.41) is 3.54. The lowest BCUT2D eigenvalue weighted by Gasteiger charge is -2.10. The SMILES string of the molecule is C1=C(c2ccccn2)C2CCC1N2.Cl. The van der Waals surface area contributed by atoms with Gasteiger partial charge in [-0.1, -0.05) is 12.1 Å². The van der Waals surface area contributed by atoms with Crippen molar-refractivity contribution >= 4 is 18.0 Å². The number of nitrogens with zero attached hydrogens (tertiary/aromatic N) is 1. The molecule has 3 rings (SSSR count). The van der Waals surface area contributed by atoms with Gasteiger partial charge in [0.05, 0.1) is 5.69 Å². The van der Waals surface area contributed by atoms with Gasteiger partial charge in [0.15, 0.2) is 0 Å². The maximum atomic E-state index is 4.37. The van der Waals surface area contributed by atoms with E-state index in [1.807, 2.05) is 12.3 Å². The molecule has 3 heterocycles. The molecule has 1 fully saturated rings. The summed E-state index contributed by atoms with van der Waals surface area (Å²) < 4.78 is 0. The summed E-state index contributed by atoms with van der Waals surface area (Å²) in [5.41, 5.74) is 2.54. The Morgan fingerprint density at radius 2 is 2.21 bits per heavy atom. The van der Waals surface area contributed by atoms with Crippen molar-refractivity contribution in [2.45, 2.75) is 24.9 Å². The van der Waals surface area contributed by atoms with Crippen molar-refractivity contribution in [1.29, 1.82) is 0 Å². The lowest BCUT2D eigenvalue weighted by molar-refractivity contribution is 0.720. The Labute approximate surface area is 89.8 Å². The van der Waals surface area contributed by atoms with Crippen LogP contribution >= 0.6 is 12.4 Å². The smallest absolute Gasteiger partial charge is 0.0674 e. The number of halogens is 1. The second kappa shape index (κ2) is 3.71. The molecule has 14 heavy (non-hydrogen) atoms. The third-order valence-corrected chi connectivity index (χ3v) is 2.90. The van der Waals surface area contributed by atoms with E-state index in [9.17, 15) is 0 Å². The maximum Gasteiger partial charge on any atom is 0.0674 e. The van der Waals surface area contributed by atoms with Gasteiger partial charge in [0.2, 0.25) is 0 Å². The van der Waals surface area contributed by atoms with Crippen LogP contribution in [0.5, 0.6) is 0 Å². The molecule has 1 aromatic heterocycles. The first-order valence-electron chi connectivity index (χ1n) is 4.83. The van der Waals surface area contributed by atoms with Crippen LogP contribution in [0.25, 0.3) is 5.57 Å². The molecule has 0 aromatic carbocycles. The monoisotopic (exact) mass is 208 g/mol. The summed E-state index contributed by atoms with van der Waals surface area (Å²) >= 11 is 0. The van der Waals surface area contributed by atoms with E-state index in [0.717, 1.165) is 5.69 Å². The first-order chi connectivity index (χ1) is 6.43. The van der Waals surface area contributed by atoms with Gasteiger partial charge in [-0.05, 0) is 30.5 Å². The minimum atomic E-state index is 0. The van der Waals surface area contributed by atoms with Gasteiger partial charge < -0.3 is 5.32 Å². The van der Waals surface area contributed by atoms with Crippen LogP contribution in [0.1, 0.15) is 18.5 Å². The van der Waals surface area contributed by atoms with E-state index >= 15 is 0 Å². The van der Waals surface area contributed by atoms with Crippen LogP contribution in [0.15, 0.2) is 30.5 Å². The van der Waals surface area contributed by atoms with Crippen molar-refractivity contribution in [3.05, 3.63) is 36.2 Å². The van der Waals surface area contributed by atoms with E-state index in [1.54, 1.807) is 0 Å². The van der Waals surface area contributed by atoms with Gasteiger partial charge in [-0.25, -0.2) is 0 Å². The van der Waals surface area contributed by atoms with Crippen LogP contribution in [0.3, 0.4) is 0 Å². The Morgan fingerprint density at radius 3 is 2.79 bits per heavy atom. The zero-order chi connectivity index (χ0) is 8.67. The minimum Gasteiger partial charge on any atom is -0.304 e. The maximum absolute atomic E-state index is 4.37. The molecular formula is C11H13ClN2. The van der Waals surface area contributed by atoms with Gasteiger partial charge in [-0.2, -0.15) is 0 Å². The van der Waals surface area contributed by atoms with Gasteiger partial charge in [-0.15, -0.1) is 12.4 Å². The van der Waals surface area contributed by atoms with Crippen LogP contribution in [0.4, 0.5) is 0 Å². The highest BCUT2D eigenvalue weighted by atomic mass is 35.5. The molecule has 0 aliphatic carbocycles. The molecule has 3 heteroatoms. The molecule has 0 amide bonds. The molecule has 2 bridgehead atoms. The Balaban J connectivity index is 0.000000750. The van der Waals surface area contributed by atoms with Crippen LogP contribution in [-0.4, -0.2) is 17.1 Å². The molecule has 2 aliphatic rings. The number of rotatable bonds is 1. The number of hydrogen-bond donors (Lipinski definition) is 1. The molecule has 2 nitrogen and oxygen atoms in total. The fourth-order valence-corrected chi connectivity index (χ4v) is 2.28. The largest absolute Gasteiger partial charge is 0.304 e. The van der Waals surface area contributed by atoms with E-state index in [1.165, 1.54) is 18.4 Å². The summed E-state index contributed by atoms with van der Waals surface area (Å²) in [7, 11) is 0. The first-order valence-corrected chi connectivity index (χ1v) is 4.83.